The molecule has 0 aliphatic heterocycles. The van der Waals surface area contributed by atoms with E-state index in [0.717, 1.165) is 0 Å². The molecular weight excluding hydrogens is 514 g/mol. The molecule has 2 N–H and O–H groups in total. The largest absolute Gasteiger partial charge is 0.396 e. The minimum Gasteiger partial charge on any atom is -0.396 e. The molecule has 0 amide bonds. The number of pyridine rings is 1. The third kappa shape index (κ3) is 4.64. The number of allylic oxidation sites excluding steroid dienone is 4. The monoisotopic (exact) mass is 536 g/mol. The number of benzene rings is 1. The lowest BCUT2D eigenvalue weighted by atomic mass is 9.82. The molecule has 0 saturated heterocycles. The van der Waals surface area contributed by atoms with Crippen LogP contribution in [-0.4, -0.2) is 36.0 Å². The van der Waals surface area contributed by atoms with Crippen LogP contribution in [-0.2, 0) is 19.0 Å². The average molecular weight is 537 g/mol. The Kier molecular flexibility index (Phi) is 6.92. The van der Waals surface area contributed by atoms with Gasteiger partial charge in [-0.2, -0.15) is 5.10 Å². The molecule has 1 aromatic carbocycles. The highest BCUT2D eigenvalue weighted by atomic mass is 35.5. The Morgan fingerprint density at radius 2 is 2.03 bits per heavy atom. The first kappa shape index (κ1) is 25.5. The highest BCUT2D eigenvalue weighted by Crippen LogP contribution is 2.38. The van der Waals surface area contributed by atoms with Gasteiger partial charge in [0.05, 0.1) is 22.5 Å². The van der Waals surface area contributed by atoms with E-state index >= 15 is 0 Å². The third-order valence-electron chi connectivity index (χ3n) is 6.48. The van der Waals surface area contributed by atoms with Crippen molar-refractivity contribution in [1.82, 2.24) is 24.3 Å². The number of hydrogen-bond acceptors (Lipinski definition) is 6. The van der Waals surface area contributed by atoms with E-state index in [0.29, 0.717) is 28.6 Å². The predicted octanol–water partition coefficient (Wildman–Crippen LogP) is 4.67. The number of halogens is 3. The summed E-state index contributed by atoms with van der Waals surface area (Å²) in [5.41, 5.74) is -0.239. The fourth-order valence-corrected chi connectivity index (χ4v) is 4.74. The van der Waals surface area contributed by atoms with Crippen molar-refractivity contribution in [2.75, 3.05) is 11.9 Å². The summed E-state index contributed by atoms with van der Waals surface area (Å²) in [6.45, 7) is -0.301. The summed E-state index contributed by atoms with van der Waals surface area (Å²) < 4.78 is 32.2. The molecule has 0 unspecified atom stereocenters. The Balaban J connectivity index is 1.64. The van der Waals surface area contributed by atoms with Crippen LogP contribution in [0.1, 0.15) is 17.5 Å². The Hall–Kier alpha value is -4.15. The summed E-state index contributed by atoms with van der Waals surface area (Å²) in [6.07, 6.45) is 9.00. The minimum absolute atomic E-state index is 0.0244. The molecular formula is C27H23ClF2N6O2. The average Bonchev–Trinajstić information content (AvgIpc) is 3.31. The van der Waals surface area contributed by atoms with Gasteiger partial charge in [-0.25, -0.2) is 18.7 Å². The van der Waals surface area contributed by atoms with E-state index in [1.165, 1.54) is 35.0 Å². The molecule has 5 rings (SSSR count). The minimum atomic E-state index is -1.35. The molecule has 38 heavy (non-hydrogen) atoms. The molecule has 0 radical (unpaired) electrons. The van der Waals surface area contributed by atoms with E-state index in [1.807, 2.05) is 0 Å². The summed E-state index contributed by atoms with van der Waals surface area (Å²) in [7, 11) is 1.77. The zero-order valence-corrected chi connectivity index (χ0v) is 21.0. The molecule has 1 aliphatic rings. The van der Waals surface area contributed by atoms with Crippen LogP contribution in [0.2, 0.25) is 5.02 Å². The van der Waals surface area contributed by atoms with Crippen molar-refractivity contribution >= 4 is 23.4 Å². The van der Waals surface area contributed by atoms with Crippen LogP contribution in [0.3, 0.4) is 0 Å². The van der Waals surface area contributed by atoms with Gasteiger partial charge >= 0.3 is 0 Å². The van der Waals surface area contributed by atoms with Gasteiger partial charge in [-0.15, -0.1) is 0 Å². The van der Waals surface area contributed by atoms with Crippen molar-refractivity contribution in [2.45, 2.75) is 18.4 Å². The zero-order valence-electron chi connectivity index (χ0n) is 20.3. The van der Waals surface area contributed by atoms with Gasteiger partial charge in [0.2, 0.25) is 5.95 Å². The van der Waals surface area contributed by atoms with Gasteiger partial charge in [-0.05, 0) is 35.9 Å². The first-order valence-electron chi connectivity index (χ1n) is 11.8. The first-order valence-corrected chi connectivity index (χ1v) is 12.1. The molecule has 11 heteroatoms. The standard InChI is InChI=1S/C27H23ClF2N6O2/c1-35-24(7-12-32-35)34-26-31-11-6-23(33-26)19-8-13-36(25(38)20(19)9-14-37)27(10-2-3-18(29)16-27)17-4-5-21(28)22(30)15-17/h2-8,10-13,15,37H,9,14,16H2,1H3,(H,31,33,34)/t27-/m1/s1. The second-order valence-corrected chi connectivity index (χ2v) is 9.20. The normalized spacial score (nSPS) is 16.9. The van der Waals surface area contributed by atoms with Crippen LogP contribution in [0.15, 0.2) is 83.8 Å². The number of aliphatic hydroxyl groups is 1. The SMILES string of the molecule is Cn1nccc1Nc1nccc(-c2ccn([C@]3(c4ccc(Cl)c(F)c4)C=CC=C(F)C3)c(=O)c2CCO)n1. The van der Waals surface area contributed by atoms with Gasteiger partial charge < -0.3 is 15.0 Å². The number of nitrogens with zero attached hydrogens (tertiary/aromatic N) is 5. The van der Waals surface area contributed by atoms with Crippen LogP contribution in [0.25, 0.3) is 11.3 Å². The van der Waals surface area contributed by atoms with Crippen molar-refractivity contribution in [1.29, 1.82) is 0 Å². The molecule has 0 fully saturated rings. The first-order chi connectivity index (χ1) is 18.3. The van der Waals surface area contributed by atoms with E-state index in [4.69, 9.17) is 11.6 Å². The fourth-order valence-electron chi connectivity index (χ4n) is 4.62. The molecule has 194 valence electrons. The zero-order chi connectivity index (χ0) is 26.9. The third-order valence-corrected chi connectivity index (χ3v) is 6.79. The molecule has 0 saturated carbocycles. The molecule has 4 aromatic rings. The second kappa shape index (κ2) is 10.3. The van der Waals surface area contributed by atoms with Crippen LogP contribution in [0.4, 0.5) is 20.5 Å². The van der Waals surface area contributed by atoms with Crippen molar-refractivity contribution in [3.63, 3.8) is 0 Å². The van der Waals surface area contributed by atoms with Gasteiger partial charge in [0.15, 0.2) is 0 Å². The summed E-state index contributed by atoms with van der Waals surface area (Å²) >= 11 is 5.90. The second-order valence-electron chi connectivity index (χ2n) is 8.79. The molecule has 1 aliphatic carbocycles. The lowest BCUT2D eigenvalue weighted by Crippen LogP contribution is -2.42. The number of anilines is 2. The summed E-state index contributed by atoms with van der Waals surface area (Å²) in [5.74, 6) is -0.184. The number of hydrogen-bond donors (Lipinski definition) is 2. The maximum atomic E-state index is 14.7. The highest BCUT2D eigenvalue weighted by Gasteiger charge is 2.36. The van der Waals surface area contributed by atoms with Gasteiger partial charge in [-0.3, -0.25) is 9.48 Å². The summed E-state index contributed by atoms with van der Waals surface area (Å²) in [5, 5.41) is 16.9. The number of aliphatic hydroxyl groups excluding tert-OH is 1. The van der Waals surface area contributed by atoms with Crippen LogP contribution < -0.4 is 10.9 Å². The predicted molar refractivity (Wildman–Crippen MR) is 140 cm³/mol. The van der Waals surface area contributed by atoms with Crippen molar-refractivity contribution < 1.29 is 13.9 Å². The smallest absolute Gasteiger partial charge is 0.255 e. The van der Waals surface area contributed by atoms with Crippen LogP contribution in [0.5, 0.6) is 0 Å². The quantitative estimate of drug-likeness (QED) is 0.356. The number of nitrogens with one attached hydrogen (secondary N) is 1. The van der Waals surface area contributed by atoms with E-state index in [1.54, 1.807) is 54.5 Å². The van der Waals surface area contributed by atoms with Crippen molar-refractivity contribution in [3.05, 3.63) is 111 Å². The Morgan fingerprint density at radius 1 is 1.18 bits per heavy atom. The van der Waals surface area contributed by atoms with Crippen molar-refractivity contribution in [3.8, 4) is 11.3 Å². The molecule has 8 nitrogen and oxygen atoms in total. The van der Waals surface area contributed by atoms with E-state index in [9.17, 15) is 18.7 Å². The molecule has 0 spiro atoms. The Labute approximate surface area is 221 Å². The topological polar surface area (TPSA) is 97.9 Å². The van der Waals surface area contributed by atoms with E-state index < -0.39 is 22.7 Å². The fraction of sp³-hybridized carbons (Fsp3) is 0.185. The molecule has 0 bridgehead atoms. The number of rotatable bonds is 7. The number of aromatic nitrogens is 5. The molecule has 1 atom stereocenters. The Bertz CT molecular complexity index is 1630. The Morgan fingerprint density at radius 3 is 2.74 bits per heavy atom. The van der Waals surface area contributed by atoms with Gasteiger partial charge in [0.25, 0.3) is 5.56 Å². The maximum Gasteiger partial charge on any atom is 0.255 e. The van der Waals surface area contributed by atoms with Crippen LogP contribution >= 0.6 is 11.6 Å². The van der Waals surface area contributed by atoms with Gasteiger partial charge in [0, 0.05) is 56.1 Å². The van der Waals surface area contributed by atoms with Crippen molar-refractivity contribution in [2.24, 2.45) is 7.05 Å². The van der Waals surface area contributed by atoms with E-state index in [2.05, 4.69) is 20.4 Å². The highest BCUT2D eigenvalue weighted by molar-refractivity contribution is 6.30. The van der Waals surface area contributed by atoms with Crippen LogP contribution in [0, 0.1) is 5.82 Å². The van der Waals surface area contributed by atoms with E-state index in [-0.39, 0.29) is 30.0 Å². The van der Waals surface area contributed by atoms with Gasteiger partial charge in [0.1, 0.15) is 17.5 Å². The van der Waals surface area contributed by atoms with Gasteiger partial charge in [-0.1, -0.05) is 29.8 Å². The summed E-state index contributed by atoms with van der Waals surface area (Å²) in [6, 6.07) is 9.25. The maximum absolute atomic E-state index is 14.7. The molecule has 3 aromatic heterocycles. The lowest BCUT2D eigenvalue weighted by Gasteiger charge is -2.35. The lowest BCUT2D eigenvalue weighted by molar-refractivity contribution is 0.298. The summed E-state index contributed by atoms with van der Waals surface area (Å²) in [4.78, 5) is 22.8. The number of aryl methyl sites for hydroxylation is 1. The molecule has 3 heterocycles.